The molecule has 1 aliphatic carbocycles. The van der Waals surface area contributed by atoms with Crippen molar-refractivity contribution in [1.29, 1.82) is 0 Å². The second-order valence-corrected chi connectivity index (χ2v) is 28.7. The molecule has 26 nitrogen and oxygen atoms in total. The molecule has 7 atom stereocenters. The number of amides is 5. The Balaban J connectivity index is 0.913. The van der Waals surface area contributed by atoms with E-state index < -0.39 is 96.4 Å². The Morgan fingerprint density at radius 2 is 1.38 bits per heavy atom. The number of nitrogens with zero attached hydrogens (tertiary/aromatic N) is 8. The van der Waals surface area contributed by atoms with Crippen LogP contribution in [0.5, 0.6) is 5.75 Å². The number of nitrogens with two attached hydrogens (primary N) is 1. The van der Waals surface area contributed by atoms with Gasteiger partial charge in [0.1, 0.15) is 82.9 Å². The minimum atomic E-state index is -1.33. The minimum absolute atomic E-state index is 0.00674. The van der Waals surface area contributed by atoms with Gasteiger partial charge in [-0.3, -0.25) is 34.1 Å². The predicted octanol–water partition coefficient (Wildman–Crippen LogP) is 10.3. The van der Waals surface area contributed by atoms with Crippen LogP contribution < -0.4 is 26.4 Å². The molecule has 2 fully saturated rings. The Labute approximate surface area is 577 Å². The summed E-state index contributed by atoms with van der Waals surface area (Å²) < 4.78 is 20.8. The predicted molar refractivity (Wildman–Crippen MR) is 361 cm³/mol. The number of ether oxygens (including phenoxy) is 4. The van der Waals surface area contributed by atoms with Gasteiger partial charge < -0.3 is 50.4 Å². The van der Waals surface area contributed by atoms with E-state index in [-0.39, 0.29) is 76.5 Å². The Morgan fingerprint density at radius 1 is 0.722 bits per heavy atom. The van der Waals surface area contributed by atoms with Crippen LogP contribution in [0, 0.1) is 18.8 Å². The molecule has 2 aliphatic heterocycles. The quantitative estimate of drug-likeness (QED) is 0.0376. The third-order valence-corrected chi connectivity index (χ3v) is 22.2. The zero-order valence-electron chi connectivity index (χ0n) is 52.2. The molecule has 1 saturated carbocycles. The zero-order valence-corrected chi connectivity index (χ0v) is 57.1. The monoisotopic (exact) mass is 1430 g/mol. The van der Waals surface area contributed by atoms with Crippen molar-refractivity contribution in [2.75, 3.05) is 25.6 Å². The van der Waals surface area contributed by atoms with Gasteiger partial charge in [-0.2, -0.15) is 0 Å². The number of rotatable bonds is 12. The maximum atomic E-state index is 15.4. The highest BCUT2D eigenvalue weighted by molar-refractivity contribution is 7.15. The van der Waals surface area contributed by atoms with Crippen LogP contribution in [0.4, 0.5) is 15.4 Å². The van der Waals surface area contributed by atoms with Crippen molar-refractivity contribution in [3.8, 4) is 49.1 Å². The number of esters is 1. The molecular formula is C65H62N12O14S6. The molecule has 0 unspecified atom stereocenters. The van der Waals surface area contributed by atoms with Crippen LogP contribution in [0.25, 0.3) is 43.4 Å². The number of benzene rings is 2. The first-order chi connectivity index (χ1) is 46.8. The lowest BCUT2D eigenvalue weighted by Gasteiger charge is -2.29. The van der Waals surface area contributed by atoms with Gasteiger partial charge in [0.15, 0.2) is 5.78 Å². The number of hydrogen-bond acceptors (Lipinski definition) is 27. The van der Waals surface area contributed by atoms with Gasteiger partial charge in [0.2, 0.25) is 11.8 Å². The molecule has 0 radical (unpaired) electrons. The van der Waals surface area contributed by atoms with Crippen LogP contribution in [0.3, 0.4) is 0 Å². The molecule has 9 aromatic rings. The standard InChI is InChI=1S/C65H62N12O14S6/c1-5-89-65(87)91-36-15-11-32(12-16-36)21-41-62(84)77-24-47(79)30(2)52(77)61-73-45(28-95-61)59-70-42(25-94-59)51-37(19-20-39(67-51)58-74-49(29-96-58)75-64(86)90-35-17-13-34(14-18-35)63(85)88-4)56-71-43(26-92-56)54(82)68-40(23-48(66)80)60-76-50(31(3)97-60)46(78)22-38(53(81)33-9-7-6-8-10-33)57-72-44(27-93-57)55(83)69-41/h6-12,15-16,19-20,25-30,34-35,38,40-41,47,52-53,79,81H,5,13-14,17-18,21-24H2,1-4H3,(H2,66,80)(H,68,82)(H,69,83)(H,75,86)/t30-,34?,35?,38-,40-,41-,47-,52-,53+/m0/s1. The first-order valence-corrected chi connectivity index (χ1v) is 35.9. The number of ketones is 1. The molecule has 1 saturated heterocycles. The number of Topliss-reactive ketones (excluding diaryl/α,β-unsaturated/α-hetero) is 1. The van der Waals surface area contributed by atoms with Crippen molar-refractivity contribution in [2.45, 2.75) is 108 Å². The molecule has 32 heteroatoms. The highest BCUT2D eigenvalue weighted by Crippen LogP contribution is 2.44. The molecule has 2 aromatic carbocycles. The number of aliphatic hydroxyl groups is 2. The molecule has 502 valence electrons. The fraction of sp³-hybridized carbons (Fsp3) is 0.338. The van der Waals surface area contributed by atoms with E-state index >= 15 is 4.79 Å². The van der Waals surface area contributed by atoms with Gasteiger partial charge in [-0.25, -0.2) is 44.5 Å². The van der Waals surface area contributed by atoms with Gasteiger partial charge in [0, 0.05) is 68.6 Å². The highest BCUT2D eigenvalue weighted by atomic mass is 32.1. The lowest BCUT2D eigenvalue weighted by Crippen LogP contribution is -2.50. The fourth-order valence-electron chi connectivity index (χ4n) is 11.7. The first kappa shape index (κ1) is 67.8. The molecule has 0 spiro atoms. The summed E-state index contributed by atoms with van der Waals surface area (Å²) >= 11 is 6.97. The molecule has 9 heterocycles. The van der Waals surface area contributed by atoms with E-state index in [2.05, 4.69) is 20.9 Å². The van der Waals surface area contributed by atoms with E-state index in [0.29, 0.717) is 90.1 Å². The fourth-order valence-corrected chi connectivity index (χ4v) is 17.0. The summed E-state index contributed by atoms with van der Waals surface area (Å²) in [4.78, 5) is 145. The maximum Gasteiger partial charge on any atom is 0.513 e. The van der Waals surface area contributed by atoms with Crippen LogP contribution in [-0.2, 0) is 35.0 Å². The van der Waals surface area contributed by atoms with E-state index in [4.69, 9.17) is 54.6 Å². The number of fused-ring (bicyclic) bond motifs is 16. The van der Waals surface area contributed by atoms with Crippen LogP contribution in [0.15, 0.2) is 93.6 Å². The lowest BCUT2D eigenvalue weighted by molar-refractivity contribution is -0.147. The molecule has 5 amide bonds. The number of aliphatic hydroxyl groups excluding tert-OH is 2. The summed E-state index contributed by atoms with van der Waals surface area (Å²) in [7, 11) is 1.35. The molecule has 10 bridgehead atoms. The molecule has 3 aliphatic rings. The van der Waals surface area contributed by atoms with Crippen LogP contribution in [-0.4, -0.2) is 136 Å². The summed E-state index contributed by atoms with van der Waals surface area (Å²) in [5, 5.41) is 42.6. The number of aryl methyl sites for hydroxylation is 1. The normalized spacial score (nSPS) is 20.9. The highest BCUT2D eigenvalue weighted by Gasteiger charge is 2.46. The van der Waals surface area contributed by atoms with Gasteiger partial charge in [0.05, 0.1) is 61.0 Å². The summed E-state index contributed by atoms with van der Waals surface area (Å²) in [5.41, 5.74) is 8.70. The summed E-state index contributed by atoms with van der Waals surface area (Å²) in [6.07, 6.45) is -3.14. The Morgan fingerprint density at radius 3 is 2.12 bits per heavy atom. The largest absolute Gasteiger partial charge is 0.513 e. The number of anilines is 1. The summed E-state index contributed by atoms with van der Waals surface area (Å²) in [6, 6.07) is 15.2. The minimum Gasteiger partial charge on any atom is -0.469 e. The number of methoxy groups -OCH3 is 1. The Kier molecular flexibility index (Phi) is 20.8. The molecule has 12 rings (SSSR count). The number of carbonyl (C=O) groups is 8. The van der Waals surface area contributed by atoms with E-state index in [0.717, 1.165) is 34.0 Å². The first-order valence-electron chi connectivity index (χ1n) is 30.7. The Hall–Kier alpha value is -9.15. The number of hydrogen-bond donors (Lipinski definition) is 6. The van der Waals surface area contributed by atoms with Crippen molar-refractivity contribution >= 4 is 121 Å². The van der Waals surface area contributed by atoms with E-state index in [9.17, 15) is 43.8 Å². The molecule has 7 N–H and O–H groups in total. The van der Waals surface area contributed by atoms with E-state index in [1.54, 1.807) is 90.0 Å². The van der Waals surface area contributed by atoms with Gasteiger partial charge in [-0.1, -0.05) is 49.4 Å². The Bertz CT molecular complexity index is 4430. The summed E-state index contributed by atoms with van der Waals surface area (Å²) in [5.74, 6) is -5.03. The average molecular weight is 1430 g/mol. The second kappa shape index (κ2) is 29.7. The third kappa shape index (κ3) is 15.3. The van der Waals surface area contributed by atoms with Gasteiger partial charge in [-0.05, 0) is 74.9 Å². The zero-order chi connectivity index (χ0) is 68.2. The number of primary amides is 1. The number of nitrogens with one attached hydrogen (secondary N) is 3. The van der Waals surface area contributed by atoms with Gasteiger partial charge in [-0.15, -0.1) is 68.0 Å². The van der Waals surface area contributed by atoms with Crippen molar-refractivity contribution in [2.24, 2.45) is 17.6 Å². The third-order valence-electron chi connectivity index (χ3n) is 16.7. The number of carbonyl (C=O) groups excluding carboxylic acids is 8. The number of aromatic nitrogens is 7. The maximum absolute atomic E-state index is 15.4. The molecule has 97 heavy (non-hydrogen) atoms. The van der Waals surface area contributed by atoms with E-state index in [1.165, 1.54) is 63.5 Å². The van der Waals surface area contributed by atoms with Crippen LogP contribution in [0.1, 0.15) is 139 Å². The average Bonchev–Trinajstić information content (AvgIpc) is 1.65. The van der Waals surface area contributed by atoms with Crippen molar-refractivity contribution in [3.05, 3.63) is 142 Å². The van der Waals surface area contributed by atoms with Gasteiger partial charge >= 0.3 is 18.2 Å². The van der Waals surface area contributed by atoms with Gasteiger partial charge in [0.25, 0.3) is 11.8 Å². The second-order valence-electron chi connectivity index (χ2n) is 23.1. The van der Waals surface area contributed by atoms with Crippen LogP contribution >= 0.6 is 68.0 Å². The smallest absolute Gasteiger partial charge is 0.469 e. The summed E-state index contributed by atoms with van der Waals surface area (Å²) in [6.45, 7) is 5.09. The van der Waals surface area contributed by atoms with E-state index in [1.807, 2.05) is 6.92 Å². The van der Waals surface area contributed by atoms with Crippen molar-refractivity contribution in [1.82, 2.24) is 50.4 Å². The SMILES string of the molecule is CCOC(=O)Oc1ccc(C[C@@H]2NC(=O)c3csc(n3)[C@H]([C@H](O)c3ccccc3)CC(=O)c3nc(sc3C)[C@H](CC(N)=O)NC(=O)c3csc(n3)-c3ccc(-c4nc(NC(=O)OC5CCC(C(=O)OC)CC5)cs4)nc3-c3csc(n3)-c3csc(n3)[C@@H]3[C@@H](C)[C@@H](O)CN3C2=O)cc1. The van der Waals surface area contributed by atoms with Crippen molar-refractivity contribution in [3.63, 3.8) is 0 Å². The number of pyridine rings is 1. The molecular weight excluding hydrogens is 1370 g/mol. The lowest BCUT2D eigenvalue weighted by atomic mass is 9.87. The van der Waals surface area contributed by atoms with Crippen LogP contribution in [0.2, 0.25) is 0 Å². The topological polar surface area (TPSA) is 370 Å². The van der Waals surface area contributed by atoms with Crippen molar-refractivity contribution < 1.29 is 67.5 Å². The number of thiazole rings is 6. The molecule has 7 aromatic heterocycles.